The van der Waals surface area contributed by atoms with Crippen molar-refractivity contribution in [2.45, 2.75) is 25.2 Å². The van der Waals surface area contributed by atoms with E-state index in [0.29, 0.717) is 4.60 Å². The Labute approximate surface area is 105 Å². The molecule has 0 spiro atoms. The van der Waals surface area contributed by atoms with Crippen LogP contribution in [0.25, 0.3) is 0 Å². The van der Waals surface area contributed by atoms with E-state index < -0.39 is 26.5 Å². The lowest BCUT2D eigenvalue weighted by Gasteiger charge is -2.29. The molecular formula is C5H9ClF5N2OP3. The van der Waals surface area contributed by atoms with Crippen molar-refractivity contribution in [3.8, 4) is 0 Å². The quantitative estimate of drug-likeness (QED) is 0.380. The molecule has 0 saturated heterocycles. The molecule has 0 aliphatic heterocycles. The Kier molecular flexibility index (Phi) is 7.78. The van der Waals surface area contributed by atoms with Gasteiger partial charge in [0.1, 0.15) is 14.1 Å². The summed E-state index contributed by atoms with van der Waals surface area (Å²) in [5.74, 6) is 0. The zero-order valence-electron chi connectivity index (χ0n) is 8.46. The molecule has 0 aromatic rings. The predicted octanol–water partition coefficient (Wildman–Crippen LogP) is 5.17. The maximum absolute atomic E-state index is 13.4. The largest absolute Gasteiger partial charge is 0.395 e. The minimum Gasteiger partial charge on any atom is -0.290 e. The second-order valence-electron chi connectivity index (χ2n) is 2.63. The molecule has 12 heteroatoms. The Morgan fingerprint density at radius 1 is 1.41 bits per heavy atom. The molecule has 0 rings (SSSR count). The van der Waals surface area contributed by atoms with Crippen LogP contribution in [0, 0.1) is 0 Å². The van der Waals surface area contributed by atoms with Crippen LogP contribution in [0.4, 0.5) is 22.0 Å². The molecule has 0 saturated carbocycles. The summed E-state index contributed by atoms with van der Waals surface area (Å²) in [4.78, 5) is 4.68. The second-order valence-corrected chi connectivity index (χ2v) is 6.48. The van der Waals surface area contributed by atoms with Gasteiger partial charge in [0.05, 0.1) is 6.61 Å². The fourth-order valence-electron chi connectivity index (χ4n) is 0.780. The second kappa shape index (κ2) is 7.42. The van der Waals surface area contributed by atoms with Gasteiger partial charge >= 0.3 is 11.8 Å². The van der Waals surface area contributed by atoms with E-state index in [2.05, 4.69) is 9.35 Å². The summed E-state index contributed by atoms with van der Waals surface area (Å²) in [6.45, 7) is 1.53. The average Bonchev–Trinajstić information content (AvgIpc) is 2.10. The van der Waals surface area contributed by atoms with Crippen molar-refractivity contribution >= 4 is 36.6 Å². The number of rotatable bonds is 6. The van der Waals surface area contributed by atoms with Gasteiger partial charge < -0.3 is 0 Å². The highest BCUT2D eigenvalue weighted by molar-refractivity contribution is 7.70. The molecule has 0 aliphatic rings. The first-order chi connectivity index (χ1) is 7.64. The molecule has 3 nitrogen and oxygen atoms in total. The summed E-state index contributed by atoms with van der Waals surface area (Å²) in [5.41, 5.74) is -4.06. The third kappa shape index (κ3) is 7.09. The SMILES string of the molecule is CCON(P)P(N=PCl)C(F)(F)CC(F)(F)F. The van der Waals surface area contributed by atoms with Gasteiger partial charge in [-0.3, -0.25) is 4.84 Å². The van der Waals surface area contributed by atoms with Gasteiger partial charge in [-0.2, -0.15) is 22.0 Å². The van der Waals surface area contributed by atoms with Crippen molar-refractivity contribution in [1.82, 2.24) is 4.60 Å². The van der Waals surface area contributed by atoms with Crippen LogP contribution in [0.3, 0.4) is 0 Å². The number of hydrogen-bond donors (Lipinski definition) is 0. The molecule has 0 aliphatic carbocycles. The highest BCUT2D eigenvalue weighted by Crippen LogP contribution is 2.62. The fourth-order valence-corrected chi connectivity index (χ4v) is 4.36. The number of nitrogens with zero attached hydrogens (tertiary/aromatic N) is 2. The van der Waals surface area contributed by atoms with Crippen molar-refractivity contribution in [1.29, 1.82) is 0 Å². The summed E-state index contributed by atoms with van der Waals surface area (Å²) in [7, 11) is -1.37. The molecule has 102 valence electrons. The standard InChI is InChI=1S/C5H9ClF5N2OP3/c1-2-14-13(15)17(12-16-6)5(10,11)3-4(7,8)9/h2-3,15H2,1H3. The Bertz CT molecular complexity index is 266. The van der Waals surface area contributed by atoms with E-state index in [1.54, 1.807) is 9.39 Å². The Morgan fingerprint density at radius 2 is 1.94 bits per heavy atom. The van der Waals surface area contributed by atoms with Gasteiger partial charge in [-0.25, -0.2) is 4.52 Å². The van der Waals surface area contributed by atoms with Crippen LogP contribution in [0.5, 0.6) is 0 Å². The third-order valence-corrected chi connectivity index (χ3v) is 4.87. The molecule has 0 aromatic heterocycles. The van der Waals surface area contributed by atoms with Gasteiger partial charge in [-0.1, -0.05) is 0 Å². The molecule has 0 amide bonds. The summed E-state index contributed by atoms with van der Waals surface area (Å²) < 4.78 is 66.5. The lowest BCUT2D eigenvalue weighted by atomic mass is 10.4. The maximum Gasteiger partial charge on any atom is 0.395 e. The van der Waals surface area contributed by atoms with Crippen LogP contribution in [-0.2, 0) is 4.84 Å². The number of halogens is 6. The van der Waals surface area contributed by atoms with Crippen molar-refractivity contribution < 1.29 is 26.8 Å². The van der Waals surface area contributed by atoms with Crippen molar-refractivity contribution in [2.75, 3.05) is 6.61 Å². The smallest absolute Gasteiger partial charge is 0.290 e. The van der Waals surface area contributed by atoms with E-state index in [-0.39, 0.29) is 14.3 Å². The fraction of sp³-hybridized carbons (Fsp3) is 1.00. The summed E-state index contributed by atoms with van der Waals surface area (Å²) in [6.07, 6.45) is -7.25. The highest BCUT2D eigenvalue weighted by atomic mass is 35.7. The van der Waals surface area contributed by atoms with Crippen molar-refractivity contribution in [2.24, 2.45) is 4.52 Å². The first kappa shape index (κ1) is 17.8. The summed E-state index contributed by atoms with van der Waals surface area (Å²) in [6, 6.07) is 0. The van der Waals surface area contributed by atoms with E-state index in [0.717, 1.165) is 0 Å². The number of hydrogen-bond acceptors (Lipinski definition) is 3. The van der Waals surface area contributed by atoms with Gasteiger partial charge in [0, 0.05) is 0 Å². The van der Waals surface area contributed by atoms with E-state index in [4.69, 9.17) is 11.2 Å². The van der Waals surface area contributed by atoms with E-state index in [1.807, 2.05) is 0 Å². The van der Waals surface area contributed by atoms with Crippen molar-refractivity contribution in [3.05, 3.63) is 0 Å². The van der Waals surface area contributed by atoms with Crippen molar-refractivity contribution in [3.63, 3.8) is 0 Å². The Balaban J connectivity index is 4.90. The first-order valence-corrected chi connectivity index (χ1v) is 7.60. The summed E-state index contributed by atoms with van der Waals surface area (Å²) >= 11 is 5.13. The van der Waals surface area contributed by atoms with Crippen LogP contribution in [-0.4, -0.2) is 23.1 Å². The lowest BCUT2D eigenvalue weighted by Crippen LogP contribution is -2.27. The highest BCUT2D eigenvalue weighted by Gasteiger charge is 2.52. The minimum atomic E-state index is -4.99. The van der Waals surface area contributed by atoms with Crippen LogP contribution < -0.4 is 0 Å². The molecule has 17 heavy (non-hydrogen) atoms. The Morgan fingerprint density at radius 3 is 2.29 bits per heavy atom. The van der Waals surface area contributed by atoms with E-state index in [1.165, 1.54) is 6.92 Å². The Hall–Kier alpha value is 0.820. The maximum atomic E-state index is 13.4. The van der Waals surface area contributed by atoms with Crippen LogP contribution >= 0.6 is 36.6 Å². The molecule has 2 atom stereocenters. The molecule has 2 unspecified atom stereocenters. The molecular weight excluding hydrogens is 327 g/mol. The zero-order chi connectivity index (χ0) is 13.7. The normalized spacial score (nSPS) is 15.8. The molecule has 0 aromatic carbocycles. The average molecular weight is 337 g/mol. The molecule has 0 fully saturated rings. The summed E-state index contributed by atoms with van der Waals surface area (Å²) in [5, 5.41) is 0. The van der Waals surface area contributed by atoms with Crippen LogP contribution in [0.2, 0.25) is 0 Å². The monoisotopic (exact) mass is 336 g/mol. The predicted molar refractivity (Wildman–Crippen MR) is 60.9 cm³/mol. The first-order valence-electron chi connectivity index (χ1n) is 4.08. The third-order valence-electron chi connectivity index (χ3n) is 1.27. The van der Waals surface area contributed by atoms with Gasteiger partial charge in [-0.05, 0) is 27.6 Å². The molecule has 0 N–H and O–H groups in total. The topological polar surface area (TPSA) is 24.8 Å². The lowest BCUT2D eigenvalue weighted by molar-refractivity contribution is -0.168. The van der Waals surface area contributed by atoms with Crippen LogP contribution in [0.15, 0.2) is 4.52 Å². The van der Waals surface area contributed by atoms with E-state index >= 15 is 0 Å². The number of alkyl halides is 5. The van der Waals surface area contributed by atoms with E-state index in [9.17, 15) is 22.0 Å². The molecule has 0 radical (unpaired) electrons. The molecule has 0 bridgehead atoms. The van der Waals surface area contributed by atoms with Gasteiger partial charge in [0.25, 0.3) is 0 Å². The van der Waals surface area contributed by atoms with Crippen LogP contribution in [0.1, 0.15) is 13.3 Å². The van der Waals surface area contributed by atoms with Gasteiger partial charge in [0.2, 0.25) is 0 Å². The van der Waals surface area contributed by atoms with Gasteiger partial charge in [0.15, 0.2) is 8.22 Å². The zero-order valence-corrected chi connectivity index (χ0v) is 12.2. The molecule has 0 heterocycles. The van der Waals surface area contributed by atoms with Gasteiger partial charge in [-0.15, -0.1) is 4.60 Å². The minimum absolute atomic E-state index is 0.0269.